The van der Waals surface area contributed by atoms with Crippen molar-refractivity contribution in [1.82, 2.24) is 5.32 Å². The molecule has 0 atom stereocenters. The van der Waals surface area contributed by atoms with E-state index in [1.54, 1.807) is 0 Å². The van der Waals surface area contributed by atoms with Gasteiger partial charge in [-0.1, -0.05) is 28.1 Å². The Morgan fingerprint density at radius 1 is 1.20 bits per heavy atom. The number of hydrogen-bond acceptors (Lipinski definition) is 2. The Labute approximate surface area is 127 Å². The second-order valence-electron chi connectivity index (χ2n) is 5.45. The number of aryl methyl sites for hydroxylation is 1. The fourth-order valence-electron chi connectivity index (χ4n) is 1.83. The molecule has 5 heteroatoms. The van der Waals surface area contributed by atoms with Crippen molar-refractivity contribution in [2.24, 2.45) is 0 Å². The number of carbonyl (C=O) groups excluding carboxylic acids is 1. The van der Waals surface area contributed by atoms with Gasteiger partial charge in [0.15, 0.2) is 0 Å². The first-order chi connectivity index (χ1) is 9.28. The molecule has 2 N–H and O–H groups in total. The van der Waals surface area contributed by atoms with Crippen LogP contribution in [0.4, 0.5) is 0 Å². The highest BCUT2D eigenvalue weighted by Crippen LogP contribution is 2.14. The largest absolute Gasteiger partial charge is 0.481 e. The lowest BCUT2D eigenvalue weighted by Crippen LogP contribution is -2.43. The van der Waals surface area contributed by atoms with Gasteiger partial charge in [-0.3, -0.25) is 9.59 Å². The van der Waals surface area contributed by atoms with Crippen molar-refractivity contribution in [3.05, 3.63) is 34.3 Å². The maximum atomic E-state index is 11.9. The van der Waals surface area contributed by atoms with Crippen LogP contribution in [0.3, 0.4) is 0 Å². The zero-order valence-corrected chi connectivity index (χ0v) is 13.4. The third-order valence-electron chi connectivity index (χ3n) is 3.00. The van der Waals surface area contributed by atoms with Gasteiger partial charge in [-0.15, -0.1) is 0 Å². The summed E-state index contributed by atoms with van der Waals surface area (Å²) in [4.78, 5) is 22.4. The monoisotopic (exact) mass is 341 g/mol. The third-order valence-corrected chi connectivity index (χ3v) is 3.52. The third kappa shape index (κ3) is 6.70. The highest BCUT2D eigenvalue weighted by Gasteiger charge is 2.21. The molecule has 0 saturated carbocycles. The van der Waals surface area contributed by atoms with Crippen molar-refractivity contribution >= 4 is 27.8 Å². The van der Waals surface area contributed by atoms with Crippen LogP contribution in [0.25, 0.3) is 0 Å². The van der Waals surface area contributed by atoms with Crippen LogP contribution in [-0.2, 0) is 16.0 Å². The first-order valence-electron chi connectivity index (χ1n) is 6.56. The lowest BCUT2D eigenvalue weighted by molar-refractivity contribution is -0.137. The van der Waals surface area contributed by atoms with Gasteiger partial charge < -0.3 is 10.4 Å². The maximum Gasteiger partial charge on any atom is 0.303 e. The van der Waals surface area contributed by atoms with Crippen LogP contribution in [0.5, 0.6) is 0 Å². The molecular weight excluding hydrogens is 322 g/mol. The van der Waals surface area contributed by atoms with E-state index in [9.17, 15) is 9.59 Å². The topological polar surface area (TPSA) is 66.4 Å². The molecule has 0 saturated heterocycles. The van der Waals surface area contributed by atoms with E-state index in [4.69, 9.17) is 5.11 Å². The number of amides is 1. The number of carboxylic acids is 1. The molecule has 0 aromatic heterocycles. The molecule has 110 valence electrons. The summed E-state index contributed by atoms with van der Waals surface area (Å²) in [5.41, 5.74) is 0.613. The molecule has 1 aromatic carbocycles. The maximum absolute atomic E-state index is 11.9. The highest BCUT2D eigenvalue weighted by atomic mass is 79.9. The van der Waals surface area contributed by atoms with Crippen molar-refractivity contribution in [2.45, 2.75) is 45.1 Å². The van der Waals surface area contributed by atoms with E-state index in [-0.39, 0.29) is 12.3 Å². The lowest BCUT2D eigenvalue weighted by atomic mass is 9.98. The summed E-state index contributed by atoms with van der Waals surface area (Å²) in [6.45, 7) is 3.68. The molecule has 0 aliphatic carbocycles. The van der Waals surface area contributed by atoms with Crippen LogP contribution in [0.1, 0.15) is 38.7 Å². The predicted octanol–water partition coefficient (Wildman–Crippen LogP) is 3.14. The second kappa shape index (κ2) is 7.43. The smallest absolute Gasteiger partial charge is 0.303 e. The summed E-state index contributed by atoms with van der Waals surface area (Å²) in [6, 6.07) is 7.86. The van der Waals surface area contributed by atoms with Crippen LogP contribution >= 0.6 is 15.9 Å². The lowest BCUT2D eigenvalue weighted by Gasteiger charge is -2.25. The summed E-state index contributed by atoms with van der Waals surface area (Å²) in [7, 11) is 0. The van der Waals surface area contributed by atoms with Gasteiger partial charge in [0.05, 0.1) is 0 Å². The SMILES string of the molecule is CC(C)(CCC(=O)O)NC(=O)CCc1ccc(Br)cc1. The zero-order chi connectivity index (χ0) is 15.2. The molecule has 0 fully saturated rings. The van der Waals surface area contributed by atoms with E-state index in [0.717, 1.165) is 10.0 Å². The molecular formula is C15H20BrNO3. The standard InChI is InChI=1S/C15H20BrNO3/c1-15(2,10-9-14(19)20)17-13(18)8-5-11-3-6-12(16)7-4-11/h3-4,6-7H,5,8-10H2,1-2H3,(H,17,18)(H,19,20). The first-order valence-corrected chi connectivity index (χ1v) is 7.35. The Bertz CT molecular complexity index is 469. The van der Waals surface area contributed by atoms with Crippen LogP contribution in [-0.4, -0.2) is 22.5 Å². The minimum atomic E-state index is -0.845. The fourth-order valence-corrected chi connectivity index (χ4v) is 2.10. The van der Waals surface area contributed by atoms with Gasteiger partial charge >= 0.3 is 5.97 Å². The molecule has 0 radical (unpaired) electrons. The van der Waals surface area contributed by atoms with Crippen LogP contribution in [0.15, 0.2) is 28.7 Å². The van der Waals surface area contributed by atoms with E-state index in [2.05, 4.69) is 21.2 Å². The van der Waals surface area contributed by atoms with Crippen molar-refractivity contribution in [1.29, 1.82) is 0 Å². The van der Waals surface area contributed by atoms with E-state index in [1.165, 1.54) is 0 Å². The summed E-state index contributed by atoms with van der Waals surface area (Å²) < 4.78 is 1.01. The minimum absolute atomic E-state index is 0.0525. The number of benzene rings is 1. The minimum Gasteiger partial charge on any atom is -0.481 e. The van der Waals surface area contributed by atoms with Crippen molar-refractivity contribution in [2.75, 3.05) is 0 Å². The average Bonchev–Trinajstić information content (AvgIpc) is 2.35. The molecule has 1 rings (SSSR count). The number of carboxylic acid groups (broad SMARTS) is 1. The van der Waals surface area contributed by atoms with E-state index in [0.29, 0.717) is 19.3 Å². The van der Waals surface area contributed by atoms with Gasteiger partial charge in [0, 0.05) is 22.9 Å². The molecule has 4 nitrogen and oxygen atoms in total. The Balaban J connectivity index is 2.39. The van der Waals surface area contributed by atoms with Gasteiger partial charge in [0.25, 0.3) is 0 Å². The number of aliphatic carboxylic acids is 1. The quantitative estimate of drug-likeness (QED) is 0.800. The van der Waals surface area contributed by atoms with Crippen LogP contribution < -0.4 is 5.32 Å². The summed E-state index contributed by atoms with van der Waals surface area (Å²) in [5.74, 6) is -0.898. The molecule has 0 aliphatic rings. The molecule has 0 spiro atoms. The molecule has 0 bridgehead atoms. The van der Waals surface area contributed by atoms with Crippen LogP contribution in [0.2, 0.25) is 0 Å². The molecule has 1 amide bonds. The van der Waals surface area contributed by atoms with E-state index in [1.807, 2.05) is 38.1 Å². The van der Waals surface area contributed by atoms with Crippen molar-refractivity contribution in [3.8, 4) is 0 Å². The first kappa shape index (κ1) is 16.7. The molecule has 0 unspecified atom stereocenters. The molecule has 0 heterocycles. The Morgan fingerprint density at radius 2 is 1.80 bits per heavy atom. The van der Waals surface area contributed by atoms with Gasteiger partial charge in [0.1, 0.15) is 0 Å². The Hall–Kier alpha value is -1.36. The summed E-state index contributed by atoms with van der Waals surface area (Å²) >= 11 is 3.37. The van der Waals surface area contributed by atoms with Gasteiger partial charge in [-0.25, -0.2) is 0 Å². The Morgan fingerprint density at radius 3 is 2.35 bits per heavy atom. The molecule has 0 aliphatic heterocycles. The number of carbonyl (C=O) groups is 2. The number of hydrogen-bond donors (Lipinski definition) is 2. The van der Waals surface area contributed by atoms with Crippen LogP contribution in [0, 0.1) is 0 Å². The predicted molar refractivity (Wildman–Crippen MR) is 81.6 cm³/mol. The fraction of sp³-hybridized carbons (Fsp3) is 0.467. The number of rotatable bonds is 7. The summed E-state index contributed by atoms with van der Waals surface area (Å²) in [5, 5.41) is 11.6. The number of nitrogens with one attached hydrogen (secondary N) is 1. The van der Waals surface area contributed by atoms with E-state index < -0.39 is 11.5 Å². The molecule has 20 heavy (non-hydrogen) atoms. The Kier molecular flexibility index (Phi) is 6.20. The van der Waals surface area contributed by atoms with Gasteiger partial charge in [-0.05, 0) is 44.4 Å². The molecule has 1 aromatic rings. The highest BCUT2D eigenvalue weighted by molar-refractivity contribution is 9.10. The zero-order valence-electron chi connectivity index (χ0n) is 11.8. The van der Waals surface area contributed by atoms with Gasteiger partial charge in [0.2, 0.25) is 5.91 Å². The average molecular weight is 342 g/mol. The second-order valence-corrected chi connectivity index (χ2v) is 6.37. The van der Waals surface area contributed by atoms with Gasteiger partial charge in [-0.2, -0.15) is 0 Å². The summed E-state index contributed by atoms with van der Waals surface area (Å²) in [6.07, 6.45) is 1.55. The normalized spacial score (nSPS) is 11.2. The number of halogens is 1. The van der Waals surface area contributed by atoms with Crippen molar-refractivity contribution < 1.29 is 14.7 Å². The van der Waals surface area contributed by atoms with Crippen molar-refractivity contribution in [3.63, 3.8) is 0 Å². The van der Waals surface area contributed by atoms with E-state index >= 15 is 0 Å².